The van der Waals surface area contributed by atoms with Gasteiger partial charge in [-0.15, -0.1) is 0 Å². The molecule has 4 aromatic rings. The summed E-state index contributed by atoms with van der Waals surface area (Å²) in [6.07, 6.45) is 0. The minimum Gasteiger partial charge on any atom is -0.506 e. The number of nitrogens with two attached hydrogens (primary N) is 1. The Bertz CT molecular complexity index is 1200. The Kier molecular flexibility index (Phi) is 6.01. The highest BCUT2D eigenvalue weighted by atomic mass is 32.2. The van der Waals surface area contributed by atoms with Gasteiger partial charge in [0.05, 0.1) is 5.69 Å². The number of phenolic OH excluding ortho intramolecular Hbond substituents is 1. The van der Waals surface area contributed by atoms with Gasteiger partial charge < -0.3 is 16.2 Å². The smallest absolute Gasteiger partial charge is 0.295 e. The van der Waals surface area contributed by atoms with Crippen LogP contribution in [0.3, 0.4) is 0 Å². The molecule has 4 aromatic carbocycles. The molecule has 7 heteroatoms. The third-order valence-corrected chi connectivity index (χ3v) is 5.03. The van der Waals surface area contributed by atoms with Crippen LogP contribution in [0.15, 0.2) is 95.9 Å². The fourth-order valence-electron chi connectivity index (χ4n) is 2.79. The molecule has 148 valence electrons. The summed E-state index contributed by atoms with van der Waals surface area (Å²) in [4.78, 5) is -0.0981. The molecule has 0 unspecified atom stereocenters. The minimum atomic E-state index is -4.28. The Morgan fingerprint density at radius 3 is 1.97 bits per heavy atom. The van der Waals surface area contributed by atoms with E-state index in [9.17, 15) is 13.0 Å². The largest absolute Gasteiger partial charge is 0.506 e. The maximum absolute atomic E-state index is 11.6. The van der Waals surface area contributed by atoms with Crippen LogP contribution in [0.5, 0.6) is 5.75 Å². The summed E-state index contributed by atoms with van der Waals surface area (Å²) in [7, 11) is -4.28. The molecule has 29 heavy (non-hydrogen) atoms. The minimum absolute atomic E-state index is 0.0981. The molecule has 5 N–H and O–H groups in total. The molecule has 0 saturated heterocycles. The molecule has 0 radical (unpaired) electrons. The predicted octanol–water partition coefficient (Wildman–Crippen LogP) is 4.80. The molecule has 0 aliphatic carbocycles. The first kappa shape index (κ1) is 20.2. The average Bonchev–Trinajstić information content (AvgIpc) is 2.71. The van der Waals surface area contributed by atoms with Gasteiger partial charge in [0.25, 0.3) is 10.1 Å². The van der Waals surface area contributed by atoms with Crippen LogP contribution in [0.25, 0.3) is 10.8 Å². The molecule has 0 aliphatic rings. The summed E-state index contributed by atoms with van der Waals surface area (Å²) in [6.45, 7) is 0. The van der Waals surface area contributed by atoms with Crippen molar-refractivity contribution in [2.24, 2.45) is 0 Å². The Balaban J connectivity index is 0.000000252. The summed E-state index contributed by atoms with van der Waals surface area (Å²) in [5.41, 5.74) is 7.17. The first-order chi connectivity index (χ1) is 13.9. The first-order valence-electron chi connectivity index (χ1n) is 8.71. The van der Waals surface area contributed by atoms with Gasteiger partial charge in [0.15, 0.2) is 0 Å². The van der Waals surface area contributed by atoms with Gasteiger partial charge in [-0.1, -0.05) is 54.6 Å². The third-order valence-electron chi connectivity index (χ3n) is 4.13. The van der Waals surface area contributed by atoms with Crippen molar-refractivity contribution < 1.29 is 18.1 Å². The SMILES string of the molecule is Nc1ccccc1O.O=S(=O)(O)c1cccc2cccc(Nc3ccccc3)c12. The second-order valence-corrected chi connectivity index (χ2v) is 7.57. The summed E-state index contributed by atoms with van der Waals surface area (Å²) in [5.74, 6) is 0.146. The normalized spacial score (nSPS) is 10.8. The molecule has 0 aromatic heterocycles. The van der Waals surface area contributed by atoms with Crippen LogP contribution < -0.4 is 11.1 Å². The monoisotopic (exact) mass is 408 g/mol. The Morgan fingerprint density at radius 2 is 1.38 bits per heavy atom. The van der Waals surface area contributed by atoms with Crippen molar-refractivity contribution in [3.63, 3.8) is 0 Å². The molecule has 6 nitrogen and oxygen atoms in total. The zero-order valence-electron chi connectivity index (χ0n) is 15.4. The lowest BCUT2D eigenvalue weighted by Crippen LogP contribution is -2.01. The molecule has 0 atom stereocenters. The van der Waals surface area contributed by atoms with E-state index in [0.717, 1.165) is 11.1 Å². The zero-order chi connectivity index (χ0) is 20.9. The Morgan fingerprint density at radius 1 is 0.759 bits per heavy atom. The van der Waals surface area contributed by atoms with Crippen LogP contribution in [-0.4, -0.2) is 18.1 Å². The lowest BCUT2D eigenvalue weighted by molar-refractivity contribution is 0.478. The molecule has 0 bridgehead atoms. The maximum atomic E-state index is 11.6. The third kappa shape index (κ3) is 5.04. The van der Waals surface area contributed by atoms with Crippen LogP contribution >= 0.6 is 0 Å². The number of hydrogen-bond donors (Lipinski definition) is 4. The van der Waals surface area contributed by atoms with Gasteiger partial charge in [0, 0.05) is 16.8 Å². The van der Waals surface area contributed by atoms with Crippen LogP contribution in [0, 0.1) is 0 Å². The van der Waals surface area contributed by atoms with Gasteiger partial charge in [0.2, 0.25) is 0 Å². The molecule has 0 spiro atoms. The highest BCUT2D eigenvalue weighted by Crippen LogP contribution is 2.31. The lowest BCUT2D eigenvalue weighted by atomic mass is 10.1. The second kappa shape index (κ2) is 8.64. The van der Waals surface area contributed by atoms with Crippen molar-refractivity contribution in [3.05, 3.63) is 91.0 Å². The predicted molar refractivity (Wildman–Crippen MR) is 116 cm³/mol. The number of benzene rings is 4. The first-order valence-corrected chi connectivity index (χ1v) is 10.1. The van der Waals surface area contributed by atoms with Crippen LogP contribution in [0.4, 0.5) is 17.1 Å². The van der Waals surface area contributed by atoms with E-state index in [4.69, 9.17) is 10.8 Å². The summed E-state index contributed by atoms with van der Waals surface area (Å²) >= 11 is 0. The summed E-state index contributed by atoms with van der Waals surface area (Å²) in [5, 5.41) is 13.2. The molecule has 0 aliphatic heterocycles. The van der Waals surface area contributed by atoms with E-state index in [0.29, 0.717) is 16.8 Å². The fraction of sp³-hybridized carbons (Fsp3) is 0. The quantitative estimate of drug-likeness (QED) is 0.220. The van der Waals surface area contributed by atoms with Gasteiger partial charge >= 0.3 is 0 Å². The van der Waals surface area contributed by atoms with Gasteiger partial charge in [-0.3, -0.25) is 4.55 Å². The van der Waals surface area contributed by atoms with Crippen LogP contribution in [0.1, 0.15) is 0 Å². The van der Waals surface area contributed by atoms with Crippen LogP contribution in [-0.2, 0) is 10.1 Å². The topological polar surface area (TPSA) is 113 Å². The number of phenols is 1. The number of para-hydroxylation sites is 3. The molecular formula is C22H20N2O4S. The Hall–Kier alpha value is -3.55. The summed E-state index contributed by atoms with van der Waals surface area (Å²) < 4.78 is 32.6. The summed E-state index contributed by atoms with van der Waals surface area (Å²) in [6, 6.07) is 26.4. The van der Waals surface area contributed by atoms with E-state index < -0.39 is 10.1 Å². The maximum Gasteiger partial charge on any atom is 0.295 e. The standard InChI is InChI=1S/C16H13NO3S.C6H7NO/c18-21(19,20)15-11-5-7-12-6-4-10-14(16(12)15)17-13-8-2-1-3-9-13;7-5-3-1-2-4-6(5)8/h1-11,17H,(H,18,19,20);1-4,8H,7H2. The lowest BCUT2D eigenvalue weighted by Gasteiger charge is -2.12. The number of nitrogens with one attached hydrogen (secondary N) is 1. The number of aromatic hydroxyl groups is 1. The molecule has 0 amide bonds. The second-order valence-electron chi connectivity index (χ2n) is 6.18. The van der Waals surface area contributed by atoms with E-state index in [2.05, 4.69) is 5.32 Å². The van der Waals surface area contributed by atoms with Gasteiger partial charge in [-0.05, 0) is 41.8 Å². The Labute approximate surface area is 169 Å². The van der Waals surface area contributed by atoms with Gasteiger partial charge in [0.1, 0.15) is 10.6 Å². The average molecular weight is 408 g/mol. The molecule has 0 heterocycles. The van der Waals surface area contributed by atoms with Crippen molar-refractivity contribution in [3.8, 4) is 5.75 Å². The number of nitrogen functional groups attached to an aromatic ring is 1. The van der Waals surface area contributed by atoms with Crippen LogP contribution in [0.2, 0.25) is 0 Å². The van der Waals surface area contributed by atoms with Gasteiger partial charge in [-0.2, -0.15) is 8.42 Å². The van der Waals surface area contributed by atoms with E-state index in [-0.39, 0.29) is 10.6 Å². The highest BCUT2D eigenvalue weighted by Gasteiger charge is 2.16. The fourth-order valence-corrected chi connectivity index (χ4v) is 3.53. The van der Waals surface area contributed by atoms with Crippen molar-refractivity contribution in [1.82, 2.24) is 0 Å². The molecule has 0 saturated carbocycles. The van der Waals surface area contributed by atoms with Crippen molar-refractivity contribution in [1.29, 1.82) is 0 Å². The van der Waals surface area contributed by atoms with Gasteiger partial charge in [-0.25, -0.2) is 0 Å². The number of fused-ring (bicyclic) bond motifs is 1. The number of hydrogen-bond acceptors (Lipinski definition) is 5. The molecule has 4 rings (SSSR count). The van der Waals surface area contributed by atoms with Crippen molar-refractivity contribution >= 4 is 38.0 Å². The van der Waals surface area contributed by atoms with Crippen molar-refractivity contribution in [2.75, 3.05) is 11.1 Å². The number of anilines is 3. The van der Waals surface area contributed by atoms with E-state index in [1.165, 1.54) is 6.07 Å². The zero-order valence-corrected chi connectivity index (χ0v) is 16.2. The van der Waals surface area contributed by atoms with E-state index >= 15 is 0 Å². The molecular weight excluding hydrogens is 388 g/mol. The van der Waals surface area contributed by atoms with Crippen molar-refractivity contribution in [2.45, 2.75) is 4.90 Å². The molecule has 0 fully saturated rings. The number of rotatable bonds is 3. The van der Waals surface area contributed by atoms with E-state index in [1.54, 1.807) is 48.5 Å². The van der Waals surface area contributed by atoms with E-state index in [1.807, 2.05) is 36.4 Å². The highest BCUT2D eigenvalue weighted by molar-refractivity contribution is 7.86.